The molecule has 0 saturated carbocycles. The Morgan fingerprint density at radius 1 is 0.966 bits per heavy atom. The molecule has 0 saturated heterocycles. The highest BCUT2D eigenvalue weighted by molar-refractivity contribution is 7.89. The third-order valence-corrected chi connectivity index (χ3v) is 6.43. The number of rotatable bonds is 10. The molecule has 0 aliphatic carbocycles. The summed E-state index contributed by atoms with van der Waals surface area (Å²) in [6.45, 7) is 9.18. The van der Waals surface area contributed by atoms with E-state index in [9.17, 15) is 13.2 Å². The molecule has 1 amide bonds. The van der Waals surface area contributed by atoms with Gasteiger partial charge in [-0.2, -0.15) is 4.31 Å². The van der Waals surface area contributed by atoms with E-state index in [1.165, 1.54) is 4.31 Å². The Kier molecular flexibility index (Phi) is 8.05. The summed E-state index contributed by atoms with van der Waals surface area (Å²) >= 11 is 0. The molecule has 0 unspecified atom stereocenters. The number of benzene rings is 1. The average Bonchev–Trinajstić information content (AvgIpc) is 3.05. The molecule has 2 aromatic rings. The van der Waals surface area contributed by atoms with Gasteiger partial charge < -0.3 is 9.47 Å². The van der Waals surface area contributed by atoms with E-state index in [0.717, 1.165) is 5.69 Å². The third kappa shape index (κ3) is 6.44. The SMILES string of the molecule is CC(C)CN(Cc1cccn1C)C(=O)CN(CC(C)C)S(=O)(=O)c1ccccc1. The first-order chi connectivity index (χ1) is 13.6. The summed E-state index contributed by atoms with van der Waals surface area (Å²) in [5.74, 6) is 0.205. The normalized spacial score (nSPS) is 12.1. The average molecular weight is 420 g/mol. The number of nitrogens with zero attached hydrogens (tertiary/aromatic N) is 3. The van der Waals surface area contributed by atoms with Gasteiger partial charge in [0.1, 0.15) is 0 Å². The van der Waals surface area contributed by atoms with Crippen molar-refractivity contribution in [3.63, 3.8) is 0 Å². The number of aromatic nitrogens is 1. The number of aryl methyl sites for hydroxylation is 1. The number of sulfonamides is 1. The van der Waals surface area contributed by atoms with Crippen LogP contribution in [0.3, 0.4) is 0 Å². The van der Waals surface area contributed by atoms with Crippen LogP contribution in [-0.2, 0) is 28.4 Å². The lowest BCUT2D eigenvalue weighted by atomic mass is 10.2. The van der Waals surface area contributed by atoms with Crippen LogP contribution in [-0.4, -0.2) is 47.7 Å². The van der Waals surface area contributed by atoms with Crippen LogP contribution in [0, 0.1) is 11.8 Å². The van der Waals surface area contributed by atoms with E-state index in [-0.39, 0.29) is 29.2 Å². The number of hydrogen-bond donors (Lipinski definition) is 0. The minimum absolute atomic E-state index is 0.104. The largest absolute Gasteiger partial charge is 0.353 e. The first-order valence-corrected chi connectivity index (χ1v) is 11.5. The lowest BCUT2D eigenvalue weighted by Gasteiger charge is -2.29. The lowest BCUT2D eigenvalue weighted by Crippen LogP contribution is -2.45. The Labute approximate surface area is 175 Å². The summed E-state index contributed by atoms with van der Waals surface area (Å²) in [5, 5.41) is 0. The molecule has 0 atom stereocenters. The summed E-state index contributed by atoms with van der Waals surface area (Å²) in [6, 6.07) is 12.2. The molecule has 1 aromatic carbocycles. The minimum Gasteiger partial charge on any atom is -0.353 e. The Bertz CT molecular complexity index is 889. The van der Waals surface area contributed by atoms with Crippen LogP contribution in [0.15, 0.2) is 53.6 Å². The monoisotopic (exact) mass is 419 g/mol. The van der Waals surface area contributed by atoms with E-state index in [1.807, 2.05) is 43.8 Å². The maximum absolute atomic E-state index is 13.2. The number of carbonyl (C=O) groups excluding carboxylic acids is 1. The molecule has 1 aromatic heterocycles. The molecule has 0 bridgehead atoms. The van der Waals surface area contributed by atoms with Gasteiger partial charge in [-0.05, 0) is 36.1 Å². The maximum Gasteiger partial charge on any atom is 0.243 e. The summed E-state index contributed by atoms with van der Waals surface area (Å²) in [7, 11) is -1.80. The Hall–Kier alpha value is -2.12. The van der Waals surface area contributed by atoms with E-state index in [0.29, 0.717) is 19.6 Å². The van der Waals surface area contributed by atoms with Gasteiger partial charge in [0.15, 0.2) is 0 Å². The fraction of sp³-hybridized carbons (Fsp3) is 0.500. The molecule has 29 heavy (non-hydrogen) atoms. The van der Waals surface area contributed by atoms with Gasteiger partial charge in [-0.3, -0.25) is 4.79 Å². The molecule has 0 aliphatic heterocycles. The van der Waals surface area contributed by atoms with E-state index in [4.69, 9.17) is 0 Å². The first-order valence-electron chi connectivity index (χ1n) is 10.0. The number of carbonyl (C=O) groups is 1. The second-order valence-corrected chi connectivity index (χ2v) is 10.2. The van der Waals surface area contributed by atoms with E-state index < -0.39 is 10.0 Å². The molecular formula is C22H33N3O3S. The molecule has 1 heterocycles. The van der Waals surface area contributed by atoms with Crippen LogP contribution in [0.2, 0.25) is 0 Å². The highest BCUT2D eigenvalue weighted by Gasteiger charge is 2.29. The lowest BCUT2D eigenvalue weighted by molar-refractivity contribution is -0.132. The van der Waals surface area contributed by atoms with Gasteiger partial charge in [0.2, 0.25) is 15.9 Å². The Morgan fingerprint density at radius 3 is 2.10 bits per heavy atom. The van der Waals surface area contributed by atoms with Gasteiger partial charge in [-0.1, -0.05) is 45.9 Å². The molecule has 6 nitrogen and oxygen atoms in total. The van der Waals surface area contributed by atoms with Gasteiger partial charge in [0.25, 0.3) is 0 Å². The number of amides is 1. The molecule has 0 N–H and O–H groups in total. The van der Waals surface area contributed by atoms with Crippen LogP contribution >= 0.6 is 0 Å². The molecule has 0 spiro atoms. The fourth-order valence-electron chi connectivity index (χ4n) is 3.20. The van der Waals surface area contributed by atoms with Crippen LogP contribution in [0.1, 0.15) is 33.4 Å². The van der Waals surface area contributed by atoms with Gasteiger partial charge in [-0.25, -0.2) is 8.42 Å². The van der Waals surface area contributed by atoms with Crippen molar-refractivity contribution in [3.8, 4) is 0 Å². The van der Waals surface area contributed by atoms with Crippen molar-refractivity contribution in [2.24, 2.45) is 18.9 Å². The quantitative estimate of drug-likeness (QED) is 0.593. The van der Waals surface area contributed by atoms with Crippen LogP contribution < -0.4 is 0 Å². The summed E-state index contributed by atoms with van der Waals surface area (Å²) in [5.41, 5.74) is 1.01. The predicted molar refractivity (Wildman–Crippen MR) is 116 cm³/mol. The first kappa shape index (κ1) is 23.2. The Balaban J connectivity index is 2.27. The van der Waals surface area contributed by atoms with Gasteiger partial charge >= 0.3 is 0 Å². The van der Waals surface area contributed by atoms with E-state index >= 15 is 0 Å². The van der Waals surface area contributed by atoms with Crippen molar-refractivity contribution < 1.29 is 13.2 Å². The van der Waals surface area contributed by atoms with Crippen molar-refractivity contribution in [1.82, 2.24) is 13.8 Å². The van der Waals surface area contributed by atoms with Crippen molar-refractivity contribution in [3.05, 3.63) is 54.4 Å². The summed E-state index contributed by atoms with van der Waals surface area (Å²) < 4.78 is 29.6. The van der Waals surface area contributed by atoms with Crippen molar-refractivity contribution in [2.45, 2.75) is 39.1 Å². The molecule has 160 valence electrons. The van der Waals surface area contributed by atoms with Gasteiger partial charge in [0.05, 0.1) is 18.0 Å². The molecule has 7 heteroatoms. The third-order valence-electron chi connectivity index (χ3n) is 4.60. The topological polar surface area (TPSA) is 62.6 Å². The molecule has 0 radical (unpaired) electrons. The molecule has 2 rings (SSSR count). The number of hydrogen-bond acceptors (Lipinski definition) is 3. The zero-order valence-electron chi connectivity index (χ0n) is 18.1. The van der Waals surface area contributed by atoms with Crippen molar-refractivity contribution in [2.75, 3.05) is 19.6 Å². The molecule has 0 fully saturated rings. The zero-order chi connectivity index (χ0) is 21.6. The second-order valence-electron chi connectivity index (χ2n) is 8.28. The minimum atomic E-state index is -3.74. The molecular weight excluding hydrogens is 386 g/mol. The highest BCUT2D eigenvalue weighted by atomic mass is 32.2. The Morgan fingerprint density at radius 2 is 1.59 bits per heavy atom. The highest BCUT2D eigenvalue weighted by Crippen LogP contribution is 2.18. The second kappa shape index (κ2) is 10.1. The van der Waals surface area contributed by atoms with Crippen molar-refractivity contribution in [1.29, 1.82) is 0 Å². The van der Waals surface area contributed by atoms with Crippen LogP contribution in [0.5, 0.6) is 0 Å². The van der Waals surface area contributed by atoms with Gasteiger partial charge in [0, 0.05) is 32.0 Å². The smallest absolute Gasteiger partial charge is 0.243 e. The van der Waals surface area contributed by atoms with E-state index in [2.05, 4.69) is 13.8 Å². The zero-order valence-corrected chi connectivity index (χ0v) is 18.9. The van der Waals surface area contributed by atoms with Crippen molar-refractivity contribution >= 4 is 15.9 Å². The fourth-order valence-corrected chi connectivity index (χ4v) is 4.77. The molecule has 0 aliphatic rings. The standard InChI is InChI=1S/C22H33N3O3S/c1-18(2)14-24(16-20-10-9-13-23(20)5)22(26)17-25(15-19(3)4)29(27,28)21-11-7-6-8-12-21/h6-13,18-19H,14-17H2,1-5H3. The van der Waals surface area contributed by atoms with Gasteiger partial charge in [-0.15, -0.1) is 0 Å². The van der Waals surface area contributed by atoms with Crippen LogP contribution in [0.25, 0.3) is 0 Å². The summed E-state index contributed by atoms with van der Waals surface area (Å²) in [6.07, 6.45) is 1.94. The van der Waals surface area contributed by atoms with Crippen LogP contribution in [0.4, 0.5) is 0 Å². The summed E-state index contributed by atoms with van der Waals surface area (Å²) in [4.78, 5) is 15.2. The predicted octanol–water partition coefficient (Wildman–Crippen LogP) is 3.36. The van der Waals surface area contributed by atoms with E-state index in [1.54, 1.807) is 35.2 Å². The maximum atomic E-state index is 13.2.